The van der Waals surface area contributed by atoms with E-state index in [1.807, 2.05) is 0 Å². The first-order chi connectivity index (χ1) is 8.09. The third-order valence-electron chi connectivity index (χ3n) is 2.95. The Balaban J connectivity index is 2.49. The van der Waals surface area contributed by atoms with Gasteiger partial charge in [0.25, 0.3) is 0 Å². The maximum absolute atomic E-state index is 11.9. The molecule has 0 bridgehead atoms. The van der Waals surface area contributed by atoms with Crippen molar-refractivity contribution in [2.75, 3.05) is 26.2 Å². The summed E-state index contributed by atoms with van der Waals surface area (Å²) in [5.41, 5.74) is 0.0247. The molecule has 1 rings (SSSR count). The van der Waals surface area contributed by atoms with E-state index < -0.39 is 12.1 Å². The molecule has 0 N–H and O–H groups in total. The van der Waals surface area contributed by atoms with Gasteiger partial charge in [-0.15, -0.1) is 0 Å². The van der Waals surface area contributed by atoms with Crippen LogP contribution in [0.25, 0.3) is 0 Å². The minimum atomic E-state index is -4.43. The molecule has 0 atom stereocenters. The standard InChI is InChI=1S/C12H19F3N2O/c1-11(2,3)17-8-6-16(7-9-17)10(18)4-5-12(13,14)15/h4-5H,6-9H2,1-3H3/b5-4+. The summed E-state index contributed by atoms with van der Waals surface area (Å²) in [6.07, 6.45) is -3.83. The molecule has 6 heteroatoms. The molecule has 1 aliphatic heterocycles. The number of carbonyl (C=O) groups excluding carboxylic acids is 1. The average molecular weight is 264 g/mol. The number of alkyl halides is 3. The second-order valence-electron chi connectivity index (χ2n) is 5.36. The van der Waals surface area contributed by atoms with Gasteiger partial charge in [0.15, 0.2) is 0 Å². The summed E-state index contributed by atoms with van der Waals surface area (Å²) in [7, 11) is 0. The quantitative estimate of drug-likeness (QED) is 0.677. The van der Waals surface area contributed by atoms with Gasteiger partial charge in [0.2, 0.25) is 5.91 Å². The molecule has 0 aromatic carbocycles. The van der Waals surface area contributed by atoms with Crippen LogP contribution in [0.5, 0.6) is 0 Å². The molecular formula is C12H19F3N2O. The van der Waals surface area contributed by atoms with E-state index in [0.717, 1.165) is 0 Å². The van der Waals surface area contributed by atoms with Crippen LogP contribution in [0.4, 0.5) is 13.2 Å². The molecule has 0 unspecified atom stereocenters. The Hall–Kier alpha value is -1.04. The Labute approximate surface area is 105 Å². The smallest absolute Gasteiger partial charge is 0.337 e. The SMILES string of the molecule is CC(C)(C)N1CCN(C(=O)/C=C/C(F)(F)F)CC1. The minimum absolute atomic E-state index is 0.00847. The van der Waals surface area contributed by atoms with Crippen molar-refractivity contribution in [1.82, 2.24) is 9.80 Å². The van der Waals surface area contributed by atoms with Crippen molar-refractivity contribution in [2.45, 2.75) is 32.5 Å². The first-order valence-corrected chi connectivity index (χ1v) is 5.89. The van der Waals surface area contributed by atoms with E-state index in [9.17, 15) is 18.0 Å². The lowest BCUT2D eigenvalue weighted by Crippen LogP contribution is -2.54. The molecular weight excluding hydrogens is 245 g/mol. The molecule has 1 heterocycles. The monoisotopic (exact) mass is 264 g/mol. The van der Waals surface area contributed by atoms with Crippen molar-refractivity contribution in [3.05, 3.63) is 12.2 Å². The van der Waals surface area contributed by atoms with Crippen LogP contribution in [-0.2, 0) is 4.79 Å². The molecule has 1 aliphatic rings. The highest BCUT2D eigenvalue weighted by Crippen LogP contribution is 2.18. The fourth-order valence-corrected chi connectivity index (χ4v) is 1.87. The molecule has 1 saturated heterocycles. The molecule has 3 nitrogen and oxygen atoms in total. The van der Waals surface area contributed by atoms with Crippen molar-refractivity contribution in [3.63, 3.8) is 0 Å². The summed E-state index contributed by atoms with van der Waals surface area (Å²) < 4.78 is 35.8. The zero-order valence-corrected chi connectivity index (χ0v) is 10.9. The van der Waals surface area contributed by atoms with Crippen molar-refractivity contribution < 1.29 is 18.0 Å². The summed E-state index contributed by atoms with van der Waals surface area (Å²) >= 11 is 0. The average Bonchev–Trinajstić information content (AvgIpc) is 2.24. The lowest BCUT2D eigenvalue weighted by atomic mass is 10.0. The first kappa shape index (κ1) is 15.0. The Morgan fingerprint density at radius 2 is 1.56 bits per heavy atom. The van der Waals surface area contributed by atoms with Crippen LogP contribution >= 0.6 is 0 Å². The Kier molecular flexibility index (Phi) is 4.42. The second-order valence-corrected chi connectivity index (χ2v) is 5.36. The van der Waals surface area contributed by atoms with E-state index in [1.54, 1.807) is 0 Å². The molecule has 18 heavy (non-hydrogen) atoms. The van der Waals surface area contributed by atoms with Gasteiger partial charge in [-0.1, -0.05) is 0 Å². The van der Waals surface area contributed by atoms with E-state index in [0.29, 0.717) is 32.3 Å². The third kappa shape index (κ3) is 4.68. The number of rotatable bonds is 1. The fraction of sp³-hybridized carbons (Fsp3) is 0.750. The van der Waals surface area contributed by atoms with Crippen LogP contribution in [0, 0.1) is 0 Å². The number of hydrogen-bond donors (Lipinski definition) is 0. The number of amides is 1. The maximum Gasteiger partial charge on any atom is 0.409 e. The van der Waals surface area contributed by atoms with Crippen LogP contribution < -0.4 is 0 Å². The van der Waals surface area contributed by atoms with Gasteiger partial charge in [0.1, 0.15) is 0 Å². The normalized spacial score (nSPS) is 19.6. The van der Waals surface area contributed by atoms with Crippen molar-refractivity contribution in [1.29, 1.82) is 0 Å². The van der Waals surface area contributed by atoms with Crippen molar-refractivity contribution in [2.24, 2.45) is 0 Å². The van der Waals surface area contributed by atoms with Crippen LogP contribution in [0.3, 0.4) is 0 Å². The van der Waals surface area contributed by atoms with E-state index in [-0.39, 0.29) is 11.6 Å². The third-order valence-corrected chi connectivity index (χ3v) is 2.95. The number of piperazine rings is 1. The van der Waals surface area contributed by atoms with Crippen LogP contribution in [0.2, 0.25) is 0 Å². The zero-order chi connectivity index (χ0) is 14.0. The highest BCUT2D eigenvalue weighted by atomic mass is 19.4. The molecule has 1 fully saturated rings. The van der Waals surface area contributed by atoms with Gasteiger partial charge in [-0.25, -0.2) is 0 Å². The highest BCUT2D eigenvalue weighted by molar-refractivity contribution is 5.87. The molecule has 0 radical (unpaired) electrons. The summed E-state index contributed by atoms with van der Waals surface area (Å²) in [4.78, 5) is 15.2. The number of nitrogens with zero attached hydrogens (tertiary/aromatic N) is 2. The van der Waals surface area contributed by atoms with E-state index in [2.05, 4.69) is 25.7 Å². The fourth-order valence-electron chi connectivity index (χ4n) is 1.87. The van der Waals surface area contributed by atoms with E-state index in [4.69, 9.17) is 0 Å². The predicted molar refractivity (Wildman–Crippen MR) is 63.1 cm³/mol. The summed E-state index contributed by atoms with van der Waals surface area (Å²) in [6, 6.07) is 0. The van der Waals surface area contributed by atoms with Gasteiger partial charge in [-0.2, -0.15) is 13.2 Å². The van der Waals surface area contributed by atoms with Gasteiger partial charge in [0, 0.05) is 43.9 Å². The molecule has 0 spiro atoms. The number of hydrogen-bond acceptors (Lipinski definition) is 2. The second kappa shape index (κ2) is 5.30. The Morgan fingerprint density at radius 3 is 1.94 bits per heavy atom. The topological polar surface area (TPSA) is 23.6 Å². The lowest BCUT2D eigenvalue weighted by Gasteiger charge is -2.42. The van der Waals surface area contributed by atoms with Crippen molar-refractivity contribution in [3.8, 4) is 0 Å². The largest absolute Gasteiger partial charge is 0.409 e. The van der Waals surface area contributed by atoms with Crippen LogP contribution in [-0.4, -0.2) is 53.6 Å². The summed E-state index contributed by atoms with van der Waals surface area (Å²) in [5.74, 6) is -0.569. The van der Waals surface area contributed by atoms with E-state index >= 15 is 0 Å². The highest BCUT2D eigenvalue weighted by Gasteiger charge is 2.28. The molecule has 0 aliphatic carbocycles. The van der Waals surface area contributed by atoms with Gasteiger partial charge < -0.3 is 4.90 Å². The molecule has 0 aromatic rings. The molecule has 0 saturated carbocycles. The minimum Gasteiger partial charge on any atom is -0.337 e. The van der Waals surface area contributed by atoms with E-state index in [1.165, 1.54) is 4.90 Å². The Bertz CT molecular complexity index is 323. The number of allylic oxidation sites excluding steroid dienone is 1. The first-order valence-electron chi connectivity index (χ1n) is 5.89. The summed E-state index contributed by atoms with van der Waals surface area (Å²) in [6.45, 7) is 8.55. The summed E-state index contributed by atoms with van der Waals surface area (Å²) in [5, 5.41) is 0. The number of carbonyl (C=O) groups is 1. The predicted octanol–water partition coefficient (Wildman–Crippen LogP) is 2.05. The van der Waals surface area contributed by atoms with Gasteiger partial charge in [-0.3, -0.25) is 9.69 Å². The van der Waals surface area contributed by atoms with Crippen LogP contribution in [0.15, 0.2) is 12.2 Å². The molecule has 0 aromatic heterocycles. The van der Waals surface area contributed by atoms with Crippen LogP contribution in [0.1, 0.15) is 20.8 Å². The lowest BCUT2D eigenvalue weighted by molar-refractivity contribution is -0.129. The van der Waals surface area contributed by atoms with Crippen molar-refractivity contribution >= 4 is 5.91 Å². The maximum atomic E-state index is 11.9. The number of halogens is 3. The van der Waals surface area contributed by atoms with Gasteiger partial charge in [-0.05, 0) is 20.8 Å². The Morgan fingerprint density at radius 1 is 1.06 bits per heavy atom. The van der Waals surface area contributed by atoms with Gasteiger partial charge >= 0.3 is 6.18 Å². The van der Waals surface area contributed by atoms with Gasteiger partial charge in [0.05, 0.1) is 0 Å². The zero-order valence-electron chi connectivity index (χ0n) is 10.9. The molecule has 104 valence electrons. The molecule has 1 amide bonds.